The van der Waals surface area contributed by atoms with Gasteiger partial charge in [-0.25, -0.2) is 0 Å². The number of carbonyl (C=O) groups excluding carboxylic acids is 1. The molecule has 0 unspecified atom stereocenters. The number of aliphatic hydroxyl groups is 1. The fraction of sp³-hybridized carbons (Fsp3) is 0.533. The highest BCUT2D eigenvalue weighted by molar-refractivity contribution is 5.79. The van der Waals surface area contributed by atoms with Gasteiger partial charge in [-0.15, -0.1) is 0 Å². The van der Waals surface area contributed by atoms with Gasteiger partial charge in [-0.1, -0.05) is 6.07 Å². The van der Waals surface area contributed by atoms with Crippen LogP contribution in [-0.4, -0.2) is 31.7 Å². The van der Waals surface area contributed by atoms with E-state index < -0.39 is 0 Å². The number of aliphatic hydroxyl groups excluding tert-OH is 1. The van der Waals surface area contributed by atoms with E-state index >= 15 is 0 Å². The van der Waals surface area contributed by atoms with Crippen molar-refractivity contribution >= 4 is 5.78 Å². The molecule has 1 fully saturated rings. The minimum absolute atomic E-state index is 0.0514. The van der Waals surface area contributed by atoms with Crippen LogP contribution in [0.2, 0.25) is 0 Å². The van der Waals surface area contributed by atoms with Crippen LogP contribution in [0.4, 0.5) is 0 Å². The molecular weight excluding hydrogens is 244 g/mol. The normalized spacial score (nSPS) is 18.2. The molecule has 1 aromatic carbocycles. The Kier molecular flexibility index (Phi) is 4.10. The van der Waals surface area contributed by atoms with E-state index in [9.17, 15) is 9.90 Å². The summed E-state index contributed by atoms with van der Waals surface area (Å²) in [5.74, 6) is 1.61. The van der Waals surface area contributed by atoms with Crippen molar-refractivity contribution in [2.75, 3.05) is 20.8 Å². The highest BCUT2D eigenvalue weighted by Crippen LogP contribution is 2.41. The molecule has 1 N–H and O–H groups in total. The van der Waals surface area contributed by atoms with Gasteiger partial charge < -0.3 is 14.6 Å². The molecule has 1 aliphatic carbocycles. The first-order chi connectivity index (χ1) is 9.15. The van der Waals surface area contributed by atoms with Crippen LogP contribution < -0.4 is 9.47 Å². The van der Waals surface area contributed by atoms with Crippen LogP contribution >= 0.6 is 0 Å². The summed E-state index contributed by atoms with van der Waals surface area (Å²) in [6.45, 7) is 0.0514. The van der Waals surface area contributed by atoms with Crippen LogP contribution in [0, 0.1) is 0 Å². The van der Waals surface area contributed by atoms with Gasteiger partial charge in [0.05, 0.1) is 20.8 Å². The van der Waals surface area contributed by atoms with Crippen LogP contribution in [0.3, 0.4) is 0 Å². The van der Waals surface area contributed by atoms with E-state index in [1.807, 2.05) is 18.2 Å². The molecule has 0 aliphatic heterocycles. The van der Waals surface area contributed by atoms with Crippen molar-refractivity contribution in [1.29, 1.82) is 0 Å². The quantitative estimate of drug-likeness (QED) is 0.904. The van der Waals surface area contributed by atoms with E-state index in [2.05, 4.69) is 0 Å². The van der Waals surface area contributed by atoms with Gasteiger partial charge in [-0.2, -0.15) is 0 Å². The molecule has 1 aliphatic rings. The number of hydrogen-bond acceptors (Lipinski definition) is 4. The Balaban J connectivity index is 2.35. The van der Waals surface area contributed by atoms with Crippen LogP contribution in [0.25, 0.3) is 0 Å². The lowest BCUT2D eigenvalue weighted by molar-refractivity contribution is -0.121. The van der Waals surface area contributed by atoms with E-state index in [-0.39, 0.29) is 17.8 Å². The Hall–Kier alpha value is -1.55. The number of benzene rings is 1. The van der Waals surface area contributed by atoms with Crippen LogP contribution in [-0.2, 0) is 10.2 Å². The molecule has 4 nitrogen and oxygen atoms in total. The molecule has 0 bridgehead atoms. The maximum absolute atomic E-state index is 11.4. The minimum Gasteiger partial charge on any atom is -0.493 e. The second-order valence-corrected chi connectivity index (χ2v) is 5.05. The summed E-state index contributed by atoms with van der Waals surface area (Å²) in [4.78, 5) is 11.4. The fourth-order valence-electron chi connectivity index (χ4n) is 2.71. The molecule has 2 rings (SSSR count). The average Bonchev–Trinajstić information content (AvgIpc) is 2.47. The second kappa shape index (κ2) is 5.61. The van der Waals surface area contributed by atoms with E-state index in [0.29, 0.717) is 37.2 Å². The highest BCUT2D eigenvalue weighted by atomic mass is 16.5. The second-order valence-electron chi connectivity index (χ2n) is 5.05. The first-order valence-electron chi connectivity index (χ1n) is 6.50. The lowest BCUT2D eigenvalue weighted by Crippen LogP contribution is -2.35. The molecule has 0 amide bonds. The molecule has 0 saturated heterocycles. The van der Waals surface area contributed by atoms with Crippen molar-refractivity contribution in [2.45, 2.75) is 31.1 Å². The maximum atomic E-state index is 11.4. The third-order valence-corrected chi connectivity index (χ3v) is 4.06. The summed E-state index contributed by atoms with van der Waals surface area (Å²) in [5.41, 5.74) is 0.688. The van der Waals surface area contributed by atoms with Crippen LogP contribution in [0.5, 0.6) is 11.5 Å². The predicted molar refractivity (Wildman–Crippen MR) is 71.8 cm³/mol. The Labute approximate surface area is 113 Å². The van der Waals surface area contributed by atoms with E-state index in [1.165, 1.54) is 0 Å². The predicted octanol–water partition coefficient (Wildman–Crippen LogP) is 2.08. The summed E-state index contributed by atoms with van der Waals surface area (Å²) in [5, 5.41) is 9.79. The third-order valence-electron chi connectivity index (χ3n) is 4.06. The molecule has 1 saturated carbocycles. The Morgan fingerprint density at radius 2 is 1.79 bits per heavy atom. The monoisotopic (exact) mass is 264 g/mol. The molecule has 0 aromatic heterocycles. The number of Topliss-reactive ketones (excluding diaryl/α,β-unsaturated/α-hetero) is 1. The average molecular weight is 264 g/mol. The fourth-order valence-corrected chi connectivity index (χ4v) is 2.71. The maximum Gasteiger partial charge on any atom is 0.161 e. The Morgan fingerprint density at radius 3 is 2.32 bits per heavy atom. The van der Waals surface area contributed by atoms with Gasteiger partial charge in [0.1, 0.15) is 5.78 Å². The molecule has 1 aromatic rings. The van der Waals surface area contributed by atoms with Crippen molar-refractivity contribution in [2.24, 2.45) is 0 Å². The van der Waals surface area contributed by atoms with Gasteiger partial charge in [0.25, 0.3) is 0 Å². The number of carbonyl (C=O) groups is 1. The Bertz CT molecular complexity index is 457. The van der Waals surface area contributed by atoms with E-state index in [0.717, 1.165) is 5.56 Å². The first-order valence-corrected chi connectivity index (χ1v) is 6.50. The zero-order valence-electron chi connectivity index (χ0n) is 11.4. The molecule has 0 heterocycles. The highest BCUT2D eigenvalue weighted by Gasteiger charge is 2.36. The topological polar surface area (TPSA) is 55.8 Å². The molecule has 0 spiro atoms. The van der Waals surface area contributed by atoms with Crippen molar-refractivity contribution in [1.82, 2.24) is 0 Å². The molecule has 0 radical (unpaired) electrons. The lowest BCUT2D eigenvalue weighted by Gasteiger charge is -2.35. The summed E-state index contributed by atoms with van der Waals surface area (Å²) in [6.07, 6.45) is 2.46. The number of ketones is 1. The minimum atomic E-state index is -0.326. The standard InChI is InChI=1S/C15H20O4/c1-18-13-4-3-11(9-14(13)19-2)15(10-16)7-5-12(17)6-8-15/h3-4,9,16H,5-8,10H2,1-2H3. The van der Waals surface area contributed by atoms with Gasteiger partial charge in [0.2, 0.25) is 0 Å². The SMILES string of the molecule is COc1ccc(C2(CO)CCC(=O)CC2)cc1OC. The van der Waals surface area contributed by atoms with Crippen molar-refractivity contribution in [3.8, 4) is 11.5 Å². The van der Waals surface area contributed by atoms with E-state index in [4.69, 9.17) is 9.47 Å². The van der Waals surface area contributed by atoms with Gasteiger partial charge in [0.15, 0.2) is 11.5 Å². The molecule has 4 heteroatoms. The first kappa shape index (κ1) is 13.9. The zero-order chi connectivity index (χ0) is 13.9. The largest absolute Gasteiger partial charge is 0.493 e. The lowest BCUT2D eigenvalue weighted by atomic mass is 9.69. The molecule has 104 valence electrons. The number of rotatable bonds is 4. The number of ether oxygens (including phenoxy) is 2. The van der Waals surface area contributed by atoms with Crippen molar-refractivity contribution < 1.29 is 19.4 Å². The van der Waals surface area contributed by atoms with Crippen LogP contribution in [0.15, 0.2) is 18.2 Å². The summed E-state index contributed by atoms with van der Waals surface area (Å²) in [7, 11) is 3.19. The van der Waals surface area contributed by atoms with Crippen molar-refractivity contribution in [3.05, 3.63) is 23.8 Å². The molecule has 19 heavy (non-hydrogen) atoms. The summed E-state index contributed by atoms with van der Waals surface area (Å²) >= 11 is 0. The third kappa shape index (κ3) is 2.59. The number of methoxy groups -OCH3 is 2. The van der Waals surface area contributed by atoms with Gasteiger partial charge in [-0.05, 0) is 30.5 Å². The van der Waals surface area contributed by atoms with Crippen molar-refractivity contribution in [3.63, 3.8) is 0 Å². The summed E-state index contributed by atoms with van der Waals surface area (Å²) in [6, 6.07) is 5.71. The van der Waals surface area contributed by atoms with Gasteiger partial charge in [-0.3, -0.25) is 4.79 Å². The number of hydrogen-bond donors (Lipinski definition) is 1. The molecular formula is C15H20O4. The zero-order valence-corrected chi connectivity index (χ0v) is 11.4. The summed E-state index contributed by atoms with van der Waals surface area (Å²) < 4.78 is 10.5. The van der Waals surface area contributed by atoms with E-state index in [1.54, 1.807) is 14.2 Å². The molecule has 0 atom stereocenters. The van der Waals surface area contributed by atoms with Gasteiger partial charge in [0, 0.05) is 18.3 Å². The van der Waals surface area contributed by atoms with Gasteiger partial charge >= 0.3 is 0 Å². The van der Waals surface area contributed by atoms with Crippen LogP contribution in [0.1, 0.15) is 31.2 Å². The Morgan fingerprint density at radius 1 is 1.16 bits per heavy atom. The smallest absolute Gasteiger partial charge is 0.161 e.